The average Bonchev–Trinajstić information content (AvgIpc) is 3.17. The summed E-state index contributed by atoms with van der Waals surface area (Å²) in [7, 11) is 0. The third-order valence-electron chi connectivity index (χ3n) is 9.18. The second-order valence-corrected chi connectivity index (χ2v) is 16.1. The lowest BCUT2D eigenvalue weighted by Crippen LogP contribution is -2.59. The quantitative estimate of drug-likeness (QED) is 0.0442. The Morgan fingerprint density at radius 1 is 0.825 bits per heavy atom. The first-order valence-corrected chi connectivity index (χ1v) is 21.1. The van der Waals surface area contributed by atoms with Gasteiger partial charge in [0, 0.05) is 23.9 Å². The van der Waals surface area contributed by atoms with E-state index in [1.165, 1.54) is 13.8 Å². The van der Waals surface area contributed by atoms with E-state index in [2.05, 4.69) is 32.5 Å². The summed E-state index contributed by atoms with van der Waals surface area (Å²) in [4.78, 5) is 94.7. The Balaban J connectivity index is 2.16. The van der Waals surface area contributed by atoms with Crippen molar-refractivity contribution in [2.45, 2.75) is 110 Å². The van der Waals surface area contributed by atoms with E-state index in [-0.39, 0.29) is 67.4 Å². The number of terminal acetylenes is 1. The molecule has 16 heteroatoms. The fourth-order valence-electron chi connectivity index (χ4n) is 6.05. The number of esters is 1. The Bertz CT molecular complexity index is 1550. The van der Waals surface area contributed by atoms with Gasteiger partial charge in [0.15, 0.2) is 11.4 Å². The number of alkyl halides is 1. The molecular formula is C41H61IN6O9. The summed E-state index contributed by atoms with van der Waals surface area (Å²) in [6.45, 7) is 12.8. The number of amides is 5. The first-order valence-electron chi connectivity index (χ1n) is 19.5. The second-order valence-electron chi connectivity index (χ2n) is 15.3. The number of morpholine rings is 1. The van der Waals surface area contributed by atoms with E-state index in [0.717, 1.165) is 5.56 Å². The van der Waals surface area contributed by atoms with Gasteiger partial charge in [-0.25, -0.2) is 0 Å². The van der Waals surface area contributed by atoms with Crippen LogP contribution in [0.2, 0.25) is 0 Å². The Labute approximate surface area is 350 Å². The van der Waals surface area contributed by atoms with Gasteiger partial charge in [0.2, 0.25) is 29.5 Å². The molecule has 0 aromatic heterocycles. The lowest BCUT2D eigenvalue weighted by Gasteiger charge is -2.32. The van der Waals surface area contributed by atoms with Crippen LogP contribution in [0.4, 0.5) is 0 Å². The molecule has 1 heterocycles. The summed E-state index contributed by atoms with van der Waals surface area (Å²) >= 11 is 1.93. The summed E-state index contributed by atoms with van der Waals surface area (Å²) in [6.07, 6.45) is 5.96. The number of ketones is 1. The number of hydrogen-bond acceptors (Lipinski definition) is 10. The maximum Gasteiger partial charge on any atom is 0.307 e. The molecule has 0 aliphatic carbocycles. The van der Waals surface area contributed by atoms with Crippen LogP contribution in [-0.4, -0.2) is 120 Å². The highest BCUT2D eigenvalue weighted by atomic mass is 127. The van der Waals surface area contributed by atoms with Crippen LogP contribution in [0.25, 0.3) is 0 Å². The normalized spacial score (nSPS) is 16.1. The molecule has 1 aliphatic heterocycles. The highest BCUT2D eigenvalue weighted by Gasteiger charge is 2.42. The van der Waals surface area contributed by atoms with Crippen LogP contribution >= 0.6 is 22.6 Å². The minimum absolute atomic E-state index is 0.0195. The van der Waals surface area contributed by atoms with Gasteiger partial charge in [-0.05, 0) is 56.9 Å². The molecule has 5 amide bonds. The van der Waals surface area contributed by atoms with Crippen molar-refractivity contribution in [3.8, 4) is 12.3 Å². The van der Waals surface area contributed by atoms with Crippen molar-refractivity contribution in [1.82, 2.24) is 31.5 Å². The molecule has 1 aromatic carbocycles. The van der Waals surface area contributed by atoms with Crippen molar-refractivity contribution in [2.24, 2.45) is 11.8 Å². The average molecular weight is 909 g/mol. The van der Waals surface area contributed by atoms with Crippen LogP contribution in [0.15, 0.2) is 30.3 Å². The zero-order valence-electron chi connectivity index (χ0n) is 34.1. The summed E-state index contributed by atoms with van der Waals surface area (Å²) in [6, 6.07) is 5.40. The molecule has 1 aliphatic rings. The molecule has 0 bridgehead atoms. The van der Waals surface area contributed by atoms with Gasteiger partial charge < -0.3 is 36.1 Å². The minimum atomic E-state index is -1.62. The van der Waals surface area contributed by atoms with Crippen LogP contribution in [0.1, 0.15) is 79.2 Å². The first-order chi connectivity index (χ1) is 27.0. The molecule has 0 saturated carbocycles. The summed E-state index contributed by atoms with van der Waals surface area (Å²) in [5, 5.41) is 13.6. The number of Topliss-reactive ketones (excluding diaryl/α,β-unsaturated/α-hetero) is 1. The van der Waals surface area contributed by atoms with E-state index >= 15 is 0 Å². The number of carbonyl (C=O) groups is 7. The van der Waals surface area contributed by atoms with Crippen LogP contribution in [0.5, 0.6) is 0 Å². The number of benzene rings is 1. The number of hydrogen-bond donors (Lipinski definition) is 5. The Morgan fingerprint density at radius 3 is 2.02 bits per heavy atom. The smallest absolute Gasteiger partial charge is 0.307 e. The van der Waals surface area contributed by atoms with Gasteiger partial charge in [0.25, 0.3) is 0 Å². The van der Waals surface area contributed by atoms with Gasteiger partial charge in [-0.15, -0.1) is 6.42 Å². The van der Waals surface area contributed by atoms with E-state index in [4.69, 9.17) is 15.9 Å². The zero-order valence-corrected chi connectivity index (χ0v) is 36.3. The molecule has 5 atom stereocenters. The molecule has 1 saturated heterocycles. The SMILES string of the molecule is C#CCNC(=O)CCC(=O)OC(C)(CI)C(=O)C(CC(C)C)NC(=O)[C@H](C)NC(=O)C(CC(C)C)NC(=O)C(CCc1ccccc1)NC(=O)CN1CCOCC1. The highest BCUT2D eigenvalue weighted by Crippen LogP contribution is 2.22. The minimum Gasteiger partial charge on any atom is -0.450 e. The number of nitrogens with zero attached hydrogens (tertiary/aromatic N) is 1. The van der Waals surface area contributed by atoms with E-state index in [9.17, 15) is 33.6 Å². The van der Waals surface area contributed by atoms with Gasteiger partial charge in [0.05, 0.1) is 38.8 Å². The third kappa shape index (κ3) is 18.4. The summed E-state index contributed by atoms with van der Waals surface area (Å²) < 4.78 is 11.0. The predicted octanol–water partition coefficient (Wildman–Crippen LogP) is 1.84. The second kappa shape index (κ2) is 25.3. The lowest BCUT2D eigenvalue weighted by atomic mass is 9.90. The number of ether oxygens (including phenoxy) is 2. The Morgan fingerprint density at radius 2 is 1.42 bits per heavy atom. The van der Waals surface area contributed by atoms with Crippen LogP contribution in [0.3, 0.4) is 0 Å². The van der Waals surface area contributed by atoms with Crippen molar-refractivity contribution in [2.75, 3.05) is 43.8 Å². The Hall–Kier alpha value is -4.08. The number of rotatable bonds is 24. The van der Waals surface area contributed by atoms with Gasteiger partial charge in [-0.2, -0.15) is 0 Å². The molecule has 1 aromatic rings. The molecular weight excluding hydrogens is 847 g/mol. The number of nitrogens with one attached hydrogen (secondary N) is 5. The predicted molar refractivity (Wildman–Crippen MR) is 224 cm³/mol. The van der Waals surface area contributed by atoms with E-state index in [1.54, 1.807) is 0 Å². The number of carbonyl (C=O) groups excluding carboxylic acids is 7. The van der Waals surface area contributed by atoms with Gasteiger partial charge in [-0.1, -0.05) is 86.5 Å². The molecule has 316 valence electrons. The third-order valence-corrected chi connectivity index (χ3v) is 10.6. The lowest BCUT2D eigenvalue weighted by molar-refractivity contribution is -0.164. The molecule has 2 rings (SSSR count). The van der Waals surface area contributed by atoms with E-state index < -0.39 is 65.1 Å². The summed E-state index contributed by atoms with van der Waals surface area (Å²) in [5.41, 5.74) is -0.630. The molecule has 4 unspecified atom stereocenters. The maximum absolute atomic E-state index is 13.9. The van der Waals surface area contributed by atoms with Gasteiger partial charge in [0.1, 0.15) is 18.1 Å². The number of halogens is 1. The first kappa shape index (κ1) is 49.1. The van der Waals surface area contributed by atoms with E-state index in [1.807, 2.05) is 85.5 Å². The fraction of sp³-hybridized carbons (Fsp3) is 0.634. The van der Waals surface area contributed by atoms with Crippen LogP contribution in [-0.2, 0) is 49.5 Å². The van der Waals surface area contributed by atoms with Crippen LogP contribution in [0, 0.1) is 24.2 Å². The van der Waals surface area contributed by atoms with Crippen molar-refractivity contribution in [1.29, 1.82) is 0 Å². The van der Waals surface area contributed by atoms with Crippen molar-refractivity contribution >= 4 is 63.9 Å². The monoisotopic (exact) mass is 908 g/mol. The molecule has 5 N–H and O–H groups in total. The molecule has 0 spiro atoms. The fourth-order valence-corrected chi connectivity index (χ4v) is 6.58. The highest BCUT2D eigenvalue weighted by molar-refractivity contribution is 14.1. The zero-order chi connectivity index (χ0) is 42.5. The van der Waals surface area contributed by atoms with Gasteiger partial charge >= 0.3 is 5.97 Å². The molecule has 0 radical (unpaired) electrons. The largest absolute Gasteiger partial charge is 0.450 e. The standard InChI is InChI=1S/C41H61IN6O9/c1-8-18-43-34(49)16-17-36(51)57-41(7,26-42)37(52)32(23-27(2)3)46-38(53)29(6)44-40(55)33(24-28(4)5)47-39(54)31(15-14-30-12-10-9-11-13-30)45-35(50)25-48-19-21-56-22-20-48/h1,9-13,27-29,31-33H,14-26H2,2-7H3,(H,43,49)(H,44,55)(H,45,50)(H,46,53)(H,47,54)/t29-,31?,32?,33?,41?/m0/s1. The number of aryl methyl sites for hydroxylation is 1. The molecule has 57 heavy (non-hydrogen) atoms. The molecule has 15 nitrogen and oxygen atoms in total. The van der Waals surface area contributed by atoms with Crippen molar-refractivity contribution < 1.29 is 43.0 Å². The Kier molecular flexibility index (Phi) is 21.8. The molecule has 1 fully saturated rings. The van der Waals surface area contributed by atoms with Crippen LogP contribution < -0.4 is 26.6 Å². The van der Waals surface area contributed by atoms with Crippen molar-refractivity contribution in [3.05, 3.63) is 35.9 Å². The maximum atomic E-state index is 13.9. The topological polar surface area (TPSA) is 201 Å². The van der Waals surface area contributed by atoms with Gasteiger partial charge in [-0.3, -0.25) is 38.5 Å². The summed E-state index contributed by atoms with van der Waals surface area (Å²) in [5.74, 6) is -1.63. The van der Waals surface area contributed by atoms with E-state index in [0.29, 0.717) is 32.7 Å². The van der Waals surface area contributed by atoms with Crippen molar-refractivity contribution in [3.63, 3.8) is 0 Å².